The van der Waals surface area contributed by atoms with Crippen LogP contribution in [0.5, 0.6) is 0 Å². The second-order valence-corrected chi connectivity index (χ2v) is 2.92. The van der Waals surface area contributed by atoms with Crippen LogP contribution in [-0.2, 0) is 0 Å². The number of hydrogen-bond acceptors (Lipinski definition) is 2. The lowest BCUT2D eigenvalue weighted by Gasteiger charge is -2.00. The number of aliphatic imine (C=N–C) groups is 1. The van der Waals surface area contributed by atoms with Crippen LogP contribution in [0.25, 0.3) is 0 Å². The molecule has 0 aliphatic heterocycles. The van der Waals surface area contributed by atoms with E-state index in [2.05, 4.69) is 4.99 Å². The third-order valence-electron chi connectivity index (χ3n) is 1.76. The van der Waals surface area contributed by atoms with E-state index >= 15 is 0 Å². The zero-order chi connectivity index (χ0) is 11.7. The summed E-state index contributed by atoms with van der Waals surface area (Å²) in [7, 11) is 0. The summed E-state index contributed by atoms with van der Waals surface area (Å²) < 4.78 is 0. The minimum absolute atomic E-state index is 0.534. The second kappa shape index (κ2) is 8.00. The van der Waals surface area contributed by atoms with E-state index in [0.717, 1.165) is 5.56 Å². The maximum Gasteiger partial charge on any atom is 0.125 e. The Kier molecular flexibility index (Phi) is 7.28. The van der Waals surface area contributed by atoms with E-state index in [9.17, 15) is 0 Å². The van der Waals surface area contributed by atoms with Crippen molar-refractivity contribution in [1.82, 2.24) is 0 Å². The number of amidine groups is 1. The van der Waals surface area contributed by atoms with Crippen LogP contribution in [0.2, 0.25) is 0 Å². The van der Waals surface area contributed by atoms with Crippen molar-refractivity contribution >= 4 is 5.84 Å². The molecule has 0 aliphatic rings. The summed E-state index contributed by atoms with van der Waals surface area (Å²) in [5.74, 6) is 0.561. The first-order valence-corrected chi connectivity index (χ1v) is 5.31. The number of aryl methyl sites for hydroxylation is 1. The molecule has 3 nitrogen and oxygen atoms in total. The molecular formula is C12H21N3. The lowest BCUT2D eigenvalue weighted by Crippen LogP contribution is -2.15. The van der Waals surface area contributed by atoms with Crippen molar-refractivity contribution in [3.05, 3.63) is 35.4 Å². The molecule has 0 heterocycles. The highest BCUT2D eigenvalue weighted by Crippen LogP contribution is 2.02. The Morgan fingerprint density at radius 1 is 1.20 bits per heavy atom. The van der Waals surface area contributed by atoms with E-state index in [0.29, 0.717) is 18.9 Å². The molecule has 0 aliphatic carbocycles. The van der Waals surface area contributed by atoms with Gasteiger partial charge in [-0.2, -0.15) is 0 Å². The Morgan fingerprint density at radius 3 is 2.20 bits per heavy atom. The first kappa shape index (κ1) is 13.7. The molecule has 84 valence electrons. The number of rotatable bonds is 3. The summed E-state index contributed by atoms with van der Waals surface area (Å²) in [5.41, 5.74) is 13.2. The van der Waals surface area contributed by atoms with Crippen molar-refractivity contribution < 1.29 is 0 Å². The van der Waals surface area contributed by atoms with Crippen LogP contribution in [0.4, 0.5) is 0 Å². The van der Waals surface area contributed by atoms with Gasteiger partial charge in [0.05, 0.1) is 6.54 Å². The summed E-state index contributed by atoms with van der Waals surface area (Å²) in [4.78, 5) is 4.11. The Bertz CT molecular complexity index is 288. The smallest absolute Gasteiger partial charge is 0.125 e. The quantitative estimate of drug-likeness (QED) is 0.585. The molecule has 0 unspecified atom stereocenters. The van der Waals surface area contributed by atoms with Crippen LogP contribution in [0.1, 0.15) is 25.0 Å². The fourth-order valence-corrected chi connectivity index (χ4v) is 1.00. The molecule has 15 heavy (non-hydrogen) atoms. The molecule has 0 saturated heterocycles. The van der Waals surface area contributed by atoms with E-state index in [1.54, 1.807) is 0 Å². The minimum atomic E-state index is 0.534. The lowest BCUT2D eigenvalue weighted by atomic mass is 10.1. The average Bonchev–Trinajstić information content (AvgIpc) is 2.29. The van der Waals surface area contributed by atoms with Crippen molar-refractivity contribution in [2.75, 3.05) is 13.1 Å². The van der Waals surface area contributed by atoms with Gasteiger partial charge in [-0.25, -0.2) is 0 Å². The third-order valence-corrected chi connectivity index (χ3v) is 1.76. The van der Waals surface area contributed by atoms with Crippen LogP contribution in [0.15, 0.2) is 29.3 Å². The molecule has 0 saturated carbocycles. The maximum atomic E-state index is 5.73. The van der Waals surface area contributed by atoms with Gasteiger partial charge in [0.25, 0.3) is 0 Å². The molecular weight excluding hydrogens is 186 g/mol. The maximum absolute atomic E-state index is 5.73. The van der Waals surface area contributed by atoms with Crippen molar-refractivity contribution in [1.29, 1.82) is 0 Å². The SMILES string of the molecule is CC.Cc1ccc(C(N)=NCCN)cc1. The highest BCUT2D eigenvalue weighted by atomic mass is 14.9. The number of benzene rings is 1. The zero-order valence-electron chi connectivity index (χ0n) is 9.83. The van der Waals surface area contributed by atoms with Crippen molar-refractivity contribution in [3.63, 3.8) is 0 Å². The number of hydrogen-bond donors (Lipinski definition) is 2. The Morgan fingerprint density at radius 2 is 1.73 bits per heavy atom. The van der Waals surface area contributed by atoms with Crippen molar-refractivity contribution in [2.24, 2.45) is 16.5 Å². The third kappa shape index (κ3) is 5.18. The zero-order valence-corrected chi connectivity index (χ0v) is 9.83. The normalized spacial score (nSPS) is 10.5. The van der Waals surface area contributed by atoms with E-state index in [1.807, 2.05) is 45.0 Å². The summed E-state index contributed by atoms with van der Waals surface area (Å²) in [5, 5.41) is 0. The molecule has 0 aromatic heterocycles. The first-order valence-electron chi connectivity index (χ1n) is 5.31. The van der Waals surface area contributed by atoms with Crippen molar-refractivity contribution in [3.8, 4) is 0 Å². The highest BCUT2D eigenvalue weighted by molar-refractivity contribution is 5.97. The molecule has 3 heteroatoms. The number of nitrogens with two attached hydrogens (primary N) is 2. The summed E-state index contributed by atoms with van der Waals surface area (Å²) in [6, 6.07) is 7.95. The predicted octanol–water partition coefficient (Wildman–Crippen LogP) is 1.69. The van der Waals surface area contributed by atoms with Gasteiger partial charge < -0.3 is 11.5 Å². The Hall–Kier alpha value is -1.35. The van der Waals surface area contributed by atoms with Gasteiger partial charge >= 0.3 is 0 Å². The summed E-state index contributed by atoms with van der Waals surface area (Å²) >= 11 is 0. The predicted molar refractivity (Wildman–Crippen MR) is 67.2 cm³/mol. The van der Waals surface area contributed by atoms with E-state index in [1.165, 1.54) is 5.56 Å². The topological polar surface area (TPSA) is 64.4 Å². The minimum Gasteiger partial charge on any atom is -0.384 e. The fraction of sp³-hybridized carbons (Fsp3) is 0.417. The van der Waals surface area contributed by atoms with Gasteiger partial charge in [-0.05, 0) is 6.92 Å². The molecule has 0 atom stereocenters. The van der Waals surface area contributed by atoms with Gasteiger partial charge in [0, 0.05) is 12.1 Å². The summed E-state index contributed by atoms with van der Waals surface area (Å²) in [6.07, 6.45) is 0. The van der Waals surface area contributed by atoms with Crippen LogP contribution in [-0.4, -0.2) is 18.9 Å². The van der Waals surface area contributed by atoms with Crippen LogP contribution >= 0.6 is 0 Å². The molecule has 1 rings (SSSR count). The van der Waals surface area contributed by atoms with Gasteiger partial charge in [0.15, 0.2) is 0 Å². The van der Waals surface area contributed by atoms with Gasteiger partial charge in [0.2, 0.25) is 0 Å². The molecule has 1 aromatic carbocycles. The van der Waals surface area contributed by atoms with Gasteiger partial charge in [0.1, 0.15) is 5.84 Å². The molecule has 0 fully saturated rings. The fourth-order valence-electron chi connectivity index (χ4n) is 1.00. The average molecular weight is 207 g/mol. The molecule has 0 bridgehead atoms. The molecule has 0 amide bonds. The van der Waals surface area contributed by atoms with E-state index < -0.39 is 0 Å². The lowest BCUT2D eigenvalue weighted by molar-refractivity contribution is 0.973. The van der Waals surface area contributed by atoms with Gasteiger partial charge in [-0.3, -0.25) is 4.99 Å². The van der Waals surface area contributed by atoms with Crippen LogP contribution in [0, 0.1) is 6.92 Å². The first-order chi connectivity index (χ1) is 7.24. The Labute approximate surface area is 92.2 Å². The molecule has 0 radical (unpaired) electrons. The van der Waals surface area contributed by atoms with Crippen LogP contribution in [0.3, 0.4) is 0 Å². The molecule has 1 aromatic rings. The molecule has 0 spiro atoms. The largest absolute Gasteiger partial charge is 0.384 e. The van der Waals surface area contributed by atoms with E-state index in [-0.39, 0.29) is 0 Å². The second-order valence-electron chi connectivity index (χ2n) is 2.92. The van der Waals surface area contributed by atoms with Crippen molar-refractivity contribution in [2.45, 2.75) is 20.8 Å². The number of nitrogens with zero attached hydrogens (tertiary/aromatic N) is 1. The van der Waals surface area contributed by atoms with Gasteiger partial charge in [-0.1, -0.05) is 43.7 Å². The highest BCUT2D eigenvalue weighted by Gasteiger charge is 1.95. The van der Waals surface area contributed by atoms with Gasteiger partial charge in [-0.15, -0.1) is 0 Å². The van der Waals surface area contributed by atoms with E-state index in [4.69, 9.17) is 11.5 Å². The molecule has 4 N–H and O–H groups in total. The van der Waals surface area contributed by atoms with Crippen LogP contribution < -0.4 is 11.5 Å². The summed E-state index contributed by atoms with van der Waals surface area (Å²) in [6.45, 7) is 7.16. The Balaban J connectivity index is 0.000000921. The monoisotopic (exact) mass is 207 g/mol. The standard InChI is InChI=1S/C10H15N3.C2H6/c1-8-2-4-9(5-3-8)10(12)13-7-6-11;1-2/h2-5H,6-7,11H2,1H3,(H2,12,13);1-2H3.